The maximum Gasteiger partial charge on any atom is 0.437 e. The first-order valence-electron chi connectivity index (χ1n) is 6.12. The van der Waals surface area contributed by atoms with E-state index in [9.17, 15) is 9.90 Å². The third-order valence-corrected chi connectivity index (χ3v) is 2.58. The highest BCUT2D eigenvalue weighted by atomic mass is 16.7. The maximum atomic E-state index is 11.5. The lowest BCUT2D eigenvalue weighted by Gasteiger charge is -2.03. The molecule has 21 heavy (non-hydrogen) atoms. The molecule has 0 heterocycles. The number of hydrogen-bond acceptors (Lipinski definition) is 5. The molecule has 0 fully saturated rings. The second-order valence-electron chi connectivity index (χ2n) is 4.03. The summed E-state index contributed by atoms with van der Waals surface area (Å²) in [6.07, 6.45) is 0.502. The molecule has 0 unspecified atom stereocenters. The van der Waals surface area contributed by atoms with Crippen LogP contribution in [0.15, 0.2) is 53.7 Å². The summed E-state index contributed by atoms with van der Waals surface area (Å²) in [7, 11) is 1.51. The SMILES string of the molecule is COc1ccc(O)c(/C=N/OC(=O)Nc2ccccc2)c1. The number of ether oxygens (including phenoxy) is 1. The predicted molar refractivity (Wildman–Crippen MR) is 78.8 cm³/mol. The number of hydrogen-bond donors (Lipinski definition) is 2. The zero-order valence-corrected chi connectivity index (χ0v) is 11.3. The summed E-state index contributed by atoms with van der Waals surface area (Å²) in [5.41, 5.74) is 0.976. The van der Waals surface area contributed by atoms with Crippen LogP contribution < -0.4 is 10.1 Å². The van der Waals surface area contributed by atoms with Gasteiger partial charge < -0.3 is 9.84 Å². The molecule has 0 aliphatic carbocycles. The van der Waals surface area contributed by atoms with Gasteiger partial charge in [-0.05, 0) is 30.3 Å². The molecule has 0 saturated heterocycles. The molecule has 0 radical (unpaired) electrons. The first-order valence-corrected chi connectivity index (χ1v) is 6.12. The van der Waals surface area contributed by atoms with Gasteiger partial charge in [0.15, 0.2) is 0 Å². The molecule has 6 heteroatoms. The van der Waals surface area contributed by atoms with Gasteiger partial charge in [0.25, 0.3) is 0 Å². The number of aromatic hydroxyl groups is 1. The number of benzene rings is 2. The van der Waals surface area contributed by atoms with Crippen LogP contribution in [0.5, 0.6) is 11.5 Å². The van der Waals surface area contributed by atoms with E-state index in [4.69, 9.17) is 4.74 Å². The van der Waals surface area contributed by atoms with E-state index in [0.717, 1.165) is 0 Å². The molecular weight excluding hydrogens is 272 g/mol. The molecule has 2 aromatic rings. The summed E-state index contributed by atoms with van der Waals surface area (Å²) in [4.78, 5) is 16.1. The Morgan fingerprint density at radius 1 is 1.24 bits per heavy atom. The second kappa shape index (κ2) is 6.95. The average Bonchev–Trinajstić information content (AvgIpc) is 2.50. The molecule has 108 valence electrons. The molecule has 6 nitrogen and oxygen atoms in total. The molecule has 2 aromatic carbocycles. The van der Waals surface area contributed by atoms with Crippen molar-refractivity contribution in [3.63, 3.8) is 0 Å². The number of phenols is 1. The van der Waals surface area contributed by atoms with Crippen molar-refractivity contribution in [3.8, 4) is 11.5 Å². The van der Waals surface area contributed by atoms with Crippen molar-refractivity contribution in [3.05, 3.63) is 54.1 Å². The van der Waals surface area contributed by atoms with Gasteiger partial charge in [-0.1, -0.05) is 23.4 Å². The maximum absolute atomic E-state index is 11.5. The van der Waals surface area contributed by atoms with E-state index in [1.54, 1.807) is 36.4 Å². The van der Waals surface area contributed by atoms with E-state index >= 15 is 0 Å². The summed E-state index contributed by atoms with van der Waals surface area (Å²) < 4.78 is 5.02. The Morgan fingerprint density at radius 3 is 2.71 bits per heavy atom. The molecule has 0 aliphatic heterocycles. The van der Waals surface area contributed by atoms with Crippen molar-refractivity contribution < 1.29 is 19.5 Å². The third-order valence-electron chi connectivity index (χ3n) is 2.58. The zero-order chi connectivity index (χ0) is 15.1. The number of amides is 1. The molecule has 0 saturated carbocycles. The van der Waals surface area contributed by atoms with Gasteiger partial charge in [0.1, 0.15) is 11.5 Å². The highest BCUT2D eigenvalue weighted by molar-refractivity contribution is 5.87. The lowest BCUT2D eigenvalue weighted by molar-refractivity contribution is 0.167. The number of phenolic OH excluding ortho intramolecular Hbond substituents is 1. The fourth-order valence-electron chi connectivity index (χ4n) is 1.56. The second-order valence-corrected chi connectivity index (χ2v) is 4.03. The first-order chi connectivity index (χ1) is 10.2. The van der Waals surface area contributed by atoms with E-state index in [1.807, 2.05) is 6.07 Å². The van der Waals surface area contributed by atoms with E-state index < -0.39 is 6.09 Å². The fraction of sp³-hybridized carbons (Fsp3) is 0.0667. The molecule has 1 amide bonds. The molecule has 2 N–H and O–H groups in total. The molecule has 2 rings (SSSR count). The van der Waals surface area contributed by atoms with Crippen LogP contribution in [-0.2, 0) is 4.84 Å². The van der Waals surface area contributed by atoms with Crippen LogP contribution in [0.2, 0.25) is 0 Å². The van der Waals surface area contributed by atoms with Gasteiger partial charge in [0, 0.05) is 11.3 Å². The van der Waals surface area contributed by atoms with E-state index in [0.29, 0.717) is 17.0 Å². The number of para-hydroxylation sites is 1. The lowest BCUT2D eigenvalue weighted by atomic mass is 10.2. The molecule has 0 atom stereocenters. The summed E-state index contributed by atoms with van der Waals surface area (Å²) >= 11 is 0. The minimum atomic E-state index is -0.722. The molecule has 0 bridgehead atoms. The Hall–Kier alpha value is -3.02. The first kappa shape index (κ1) is 14.4. The van der Waals surface area contributed by atoms with Crippen molar-refractivity contribution in [2.24, 2.45) is 5.16 Å². The van der Waals surface area contributed by atoms with Crippen LogP contribution >= 0.6 is 0 Å². The quantitative estimate of drug-likeness (QED) is 0.514. The number of carbonyl (C=O) groups is 1. The van der Waals surface area contributed by atoms with Gasteiger partial charge in [0.05, 0.1) is 13.3 Å². The van der Waals surface area contributed by atoms with Gasteiger partial charge in [-0.25, -0.2) is 4.79 Å². The van der Waals surface area contributed by atoms with Crippen LogP contribution in [0.1, 0.15) is 5.56 Å². The number of oxime groups is 1. The van der Waals surface area contributed by atoms with Crippen LogP contribution in [-0.4, -0.2) is 24.5 Å². The smallest absolute Gasteiger partial charge is 0.437 e. The standard InChI is InChI=1S/C15H14N2O4/c1-20-13-7-8-14(18)11(9-13)10-16-21-15(19)17-12-5-3-2-4-6-12/h2-10,18H,1H3,(H,17,19)/b16-10+. The monoisotopic (exact) mass is 286 g/mol. The van der Waals surface area contributed by atoms with Crippen molar-refractivity contribution in [2.75, 3.05) is 12.4 Å². The predicted octanol–water partition coefficient (Wildman–Crippen LogP) is 2.98. The van der Waals surface area contributed by atoms with Crippen molar-refractivity contribution in [2.45, 2.75) is 0 Å². The Morgan fingerprint density at radius 2 is 2.00 bits per heavy atom. The third kappa shape index (κ3) is 4.24. The summed E-state index contributed by atoms with van der Waals surface area (Å²) in [5, 5.41) is 15.7. The topological polar surface area (TPSA) is 80.2 Å². The molecular formula is C15H14N2O4. The number of anilines is 1. The number of nitrogens with one attached hydrogen (secondary N) is 1. The molecule has 0 aliphatic rings. The highest BCUT2D eigenvalue weighted by Gasteiger charge is 2.03. The Bertz CT molecular complexity index is 641. The average molecular weight is 286 g/mol. The number of nitrogens with zero attached hydrogens (tertiary/aromatic N) is 1. The van der Waals surface area contributed by atoms with E-state index in [1.165, 1.54) is 19.4 Å². The Labute approximate surface area is 121 Å². The minimum Gasteiger partial charge on any atom is -0.507 e. The zero-order valence-electron chi connectivity index (χ0n) is 11.3. The van der Waals surface area contributed by atoms with Crippen molar-refractivity contribution >= 4 is 18.0 Å². The van der Waals surface area contributed by atoms with Crippen LogP contribution in [0.25, 0.3) is 0 Å². The van der Waals surface area contributed by atoms with Crippen LogP contribution in [0.4, 0.5) is 10.5 Å². The van der Waals surface area contributed by atoms with Gasteiger partial charge in [-0.2, -0.15) is 0 Å². The Kier molecular flexibility index (Phi) is 4.76. The van der Waals surface area contributed by atoms with Crippen molar-refractivity contribution in [1.29, 1.82) is 0 Å². The van der Waals surface area contributed by atoms with Gasteiger partial charge in [-0.15, -0.1) is 0 Å². The summed E-state index contributed by atoms with van der Waals surface area (Å²) in [6, 6.07) is 13.5. The van der Waals surface area contributed by atoms with E-state index in [2.05, 4.69) is 15.3 Å². The normalized spacial score (nSPS) is 10.3. The largest absolute Gasteiger partial charge is 0.507 e. The van der Waals surface area contributed by atoms with Gasteiger partial charge >= 0.3 is 6.09 Å². The van der Waals surface area contributed by atoms with Crippen LogP contribution in [0, 0.1) is 0 Å². The summed E-state index contributed by atoms with van der Waals surface area (Å²) in [5.74, 6) is 0.564. The van der Waals surface area contributed by atoms with Crippen molar-refractivity contribution in [1.82, 2.24) is 0 Å². The number of methoxy groups -OCH3 is 1. The lowest BCUT2D eigenvalue weighted by Crippen LogP contribution is -2.10. The van der Waals surface area contributed by atoms with Gasteiger partial charge in [-0.3, -0.25) is 10.2 Å². The molecule has 0 spiro atoms. The van der Waals surface area contributed by atoms with E-state index in [-0.39, 0.29) is 5.75 Å². The number of carbonyl (C=O) groups excluding carboxylic acids is 1. The van der Waals surface area contributed by atoms with Crippen LogP contribution in [0.3, 0.4) is 0 Å². The number of rotatable bonds is 4. The Balaban J connectivity index is 1.94. The summed E-state index contributed by atoms with van der Waals surface area (Å²) in [6.45, 7) is 0. The fourth-order valence-corrected chi connectivity index (χ4v) is 1.56. The minimum absolute atomic E-state index is 0.00613. The van der Waals surface area contributed by atoms with Gasteiger partial charge in [0.2, 0.25) is 0 Å². The molecule has 0 aromatic heterocycles. The highest BCUT2D eigenvalue weighted by Crippen LogP contribution is 2.21.